The van der Waals surface area contributed by atoms with Gasteiger partial charge >= 0.3 is 0 Å². The van der Waals surface area contributed by atoms with Gasteiger partial charge in [-0.05, 0) is 122 Å². The van der Waals surface area contributed by atoms with E-state index in [9.17, 15) is 63.3 Å². The van der Waals surface area contributed by atoms with E-state index in [1.807, 2.05) is 13.8 Å². The summed E-state index contributed by atoms with van der Waals surface area (Å²) in [7, 11) is 0. The van der Waals surface area contributed by atoms with Gasteiger partial charge in [0.15, 0.2) is 17.3 Å². The largest absolute Gasteiger partial charge is 0.393 e. The quantitative estimate of drug-likeness (QED) is 0.0611. The Labute approximate surface area is 452 Å². The molecule has 23 nitrogen and oxygen atoms in total. The standard InChI is InChI=1S/C54H88N10O13/c1-30(2)24-44-54(77)63-43(17-22-58)53(76)62-42(16-21-57)48(71)29-38(31(3)65)51(74)59-23-18-35(49(72)60-40(14-19-55)47(70)27-36(50(73)64-44)25-33-8-6-5-7-9-33)26-46(69)41(15-20-56)61-52(75)39(32(4)66)28-45(68)34-10-12-37(67)13-11-34/h5-9,30-32,34-44,65-67H,10-29,55-58H2,1-4H3,(H,59,74)(H,60,72)(H,61,75)(H,62,76)(H,63,77)(H,64,73)/t31?,32?,34?,35-,36+,37?,38+,39+,40+,41+,42+,43+,44+/m1/s1. The van der Waals surface area contributed by atoms with E-state index >= 15 is 0 Å². The summed E-state index contributed by atoms with van der Waals surface area (Å²) in [5, 5.41) is 47.5. The van der Waals surface area contributed by atoms with Crippen LogP contribution in [-0.4, -0.2) is 155 Å². The molecule has 1 heterocycles. The molecule has 0 radical (unpaired) electrons. The van der Waals surface area contributed by atoms with Crippen molar-refractivity contribution in [2.24, 2.45) is 58.4 Å². The summed E-state index contributed by atoms with van der Waals surface area (Å²) in [4.78, 5) is 141. The van der Waals surface area contributed by atoms with Gasteiger partial charge in [0, 0.05) is 50.0 Å². The van der Waals surface area contributed by atoms with Gasteiger partial charge < -0.3 is 70.2 Å². The third kappa shape index (κ3) is 22.0. The van der Waals surface area contributed by atoms with Crippen LogP contribution in [0.5, 0.6) is 0 Å². The molecule has 23 heteroatoms. The van der Waals surface area contributed by atoms with Crippen LogP contribution in [0, 0.1) is 35.5 Å². The first-order valence-corrected chi connectivity index (χ1v) is 27.3. The number of hydrogen-bond donors (Lipinski definition) is 13. The van der Waals surface area contributed by atoms with Crippen molar-refractivity contribution >= 4 is 58.6 Å². The van der Waals surface area contributed by atoms with Crippen LogP contribution in [0.4, 0.5) is 0 Å². The molecule has 2 fully saturated rings. The molecule has 1 aromatic carbocycles. The lowest BCUT2D eigenvalue weighted by Crippen LogP contribution is -2.57. The Bertz CT molecular complexity index is 2120. The average molecular weight is 1090 g/mol. The monoisotopic (exact) mass is 1080 g/mol. The molecule has 11 atom stereocenters. The van der Waals surface area contributed by atoms with Gasteiger partial charge in [-0.15, -0.1) is 0 Å². The zero-order valence-electron chi connectivity index (χ0n) is 45.3. The van der Waals surface area contributed by atoms with Crippen molar-refractivity contribution in [2.75, 3.05) is 32.7 Å². The highest BCUT2D eigenvalue weighted by Crippen LogP contribution is 2.28. The number of hydrogen-bond acceptors (Lipinski definition) is 17. The van der Waals surface area contributed by atoms with Crippen molar-refractivity contribution in [3.05, 3.63) is 35.9 Å². The fourth-order valence-corrected chi connectivity index (χ4v) is 9.84. The summed E-state index contributed by atoms with van der Waals surface area (Å²) in [6.45, 7) is 5.61. The number of carbonyl (C=O) groups is 10. The lowest BCUT2D eigenvalue weighted by molar-refractivity contribution is -0.138. The summed E-state index contributed by atoms with van der Waals surface area (Å²) in [6.07, 6.45) is -3.97. The fraction of sp³-hybridized carbons (Fsp3) is 0.704. The van der Waals surface area contributed by atoms with Gasteiger partial charge in [0.25, 0.3) is 0 Å². The third-order valence-electron chi connectivity index (χ3n) is 14.5. The summed E-state index contributed by atoms with van der Waals surface area (Å²) in [5.41, 5.74) is 24.3. The van der Waals surface area contributed by atoms with Crippen LogP contribution in [-0.2, 0) is 54.4 Å². The number of ketones is 4. The number of carbonyl (C=O) groups excluding carboxylic acids is 10. The molecule has 6 amide bonds. The Morgan fingerprint density at radius 3 is 1.74 bits per heavy atom. The molecule has 17 N–H and O–H groups in total. The van der Waals surface area contributed by atoms with Gasteiger partial charge in [-0.3, -0.25) is 47.9 Å². The summed E-state index contributed by atoms with van der Waals surface area (Å²) in [5.74, 6) is -12.5. The van der Waals surface area contributed by atoms with E-state index in [4.69, 9.17) is 22.9 Å². The van der Waals surface area contributed by atoms with E-state index in [1.165, 1.54) is 13.8 Å². The normalized spacial score (nSPS) is 26.7. The van der Waals surface area contributed by atoms with Crippen LogP contribution in [0.3, 0.4) is 0 Å². The van der Waals surface area contributed by atoms with Gasteiger partial charge in [0.2, 0.25) is 35.4 Å². The van der Waals surface area contributed by atoms with Crippen molar-refractivity contribution in [1.82, 2.24) is 31.9 Å². The minimum atomic E-state index is -1.41. The Hall–Kier alpha value is -5.56. The Balaban J connectivity index is 2.10. The molecule has 77 heavy (non-hydrogen) atoms. The number of aliphatic hydroxyl groups excluding tert-OH is 3. The second-order valence-corrected chi connectivity index (χ2v) is 21.3. The minimum absolute atomic E-state index is 0.0276. The second kappa shape index (κ2) is 33.7. The van der Waals surface area contributed by atoms with Crippen molar-refractivity contribution < 1.29 is 63.3 Å². The molecular weight excluding hydrogens is 997 g/mol. The van der Waals surface area contributed by atoms with Gasteiger partial charge in [0.1, 0.15) is 17.9 Å². The maximum Gasteiger partial charge on any atom is 0.243 e. The van der Waals surface area contributed by atoms with Crippen LogP contribution in [0.1, 0.15) is 123 Å². The molecule has 1 aliphatic carbocycles. The first-order valence-electron chi connectivity index (χ1n) is 27.3. The first kappa shape index (κ1) is 65.7. The number of nitrogens with one attached hydrogen (secondary N) is 6. The van der Waals surface area contributed by atoms with Crippen LogP contribution < -0.4 is 54.8 Å². The molecule has 0 bridgehead atoms. The SMILES string of the molecule is CC(C)C[C@@H]1NC(=O)[C@@H](Cc2ccccc2)CC(=O)[C@H](CCN)NC(=O)[C@@H](CC(=O)[C@H](CCN)NC(=O)[C@@H](CC(=O)C2CCC(O)CC2)C(C)O)CCNC(=O)[C@H](C(C)O)CC(=O)[C@H](CCN)NC(=O)[C@H](CCN)NC1=O. The Kier molecular flexibility index (Phi) is 28.7. The molecule has 432 valence electrons. The minimum Gasteiger partial charge on any atom is -0.393 e. The van der Waals surface area contributed by atoms with E-state index in [-0.39, 0.29) is 95.8 Å². The van der Waals surface area contributed by atoms with Crippen molar-refractivity contribution in [2.45, 2.75) is 173 Å². The van der Waals surface area contributed by atoms with Crippen molar-refractivity contribution in [1.29, 1.82) is 0 Å². The second-order valence-electron chi connectivity index (χ2n) is 21.3. The number of nitrogens with two attached hydrogens (primary N) is 4. The number of Topliss-reactive ketones (excluding diaryl/α,β-unsaturated/α-hetero) is 4. The molecule has 0 aromatic heterocycles. The number of amides is 6. The van der Waals surface area contributed by atoms with Gasteiger partial charge in [-0.25, -0.2) is 0 Å². The van der Waals surface area contributed by atoms with E-state index < -0.39 is 150 Å². The van der Waals surface area contributed by atoms with Gasteiger partial charge in [-0.1, -0.05) is 44.2 Å². The molecule has 1 saturated carbocycles. The van der Waals surface area contributed by atoms with Crippen LogP contribution in [0.25, 0.3) is 0 Å². The summed E-state index contributed by atoms with van der Waals surface area (Å²) >= 11 is 0. The lowest BCUT2D eigenvalue weighted by Gasteiger charge is -2.28. The molecule has 2 unspecified atom stereocenters. The highest BCUT2D eigenvalue weighted by Gasteiger charge is 2.38. The lowest BCUT2D eigenvalue weighted by atomic mass is 9.81. The summed E-state index contributed by atoms with van der Waals surface area (Å²) < 4.78 is 0. The smallest absolute Gasteiger partial charge is 0.243 e. The van der Waals surface area contributed by atoms with Crippen molar-refractivity contribution in [3.63, 3.8) is 0 Å². The first-order chi connectivity index (χ1) is 36.5. The summed E-state index contributed by atoms with van der Waals surface area (Å²) in [6, 6.07) is 2.41. The maximum atomic E-state index is 14.5. The molecular formula is C54H88N10O13. The van der Waals surface area contributed by atoms with E-state index in [0.717, 1.165) is 0 Å². The molecule has 1 aromatic rings. The van der Waals surface area contributed by atoms with E-state index in [2.05, 4.69) is 31.9 Å². The maximum absolute atomic E-state index is 14.5. The van der Waals surface area contributed by atoms with Gasteiger partial charge in [-0.2, -0.15) is 0 Å². The number of rotatable bonds is 22. The average Bonchev–Trinajstić information content (AvgIpc) is 3.37. The third-order valence-corrected chi connectivity index (χ3v) is 14.5. The number of benzene rings is 1. The molecule has 3 rings (SSSR count). The Morgan fingerprint density at radius 1 is 0.649 bits per heavy atom. The number of aliphatic hydroxyl groups is 3. The highest BCUT2D eigenvalue weighted by molar-refractivity contribution is 5.98. The fourth-order valence-electron chi connectivity index (χ4n) is 9.84. The van der Waals surface area contributed by atoms with Gasteiger partial charge in [0.05, 0.1) is 48.3 Å². The predicted octanol–water partition coefficient (Wildman–Crippen LogP) is -1.77. The topological polar surface area (TPSA) is 408 Å². The predicted molar refractivity (Wildman–Crippen MR) is 285 cm³/mol. The molecule has 1 aliphatic heterocycles. The molecule has 2 aliphatic rings. The van der Waals surface area contributed by atoms with E-state index in [1.54, 1.807) is 30.3 Å². The van der Waals surface area contributed by atoms with E-state index in [0.29, 0.717) is 31.2 Å². The van der Waals surface area contributed by atoms with Crippen LogP contribution in [0.15, 0.2) is 30.3 Å². The molecule has 1 saturated heterocycles. The Morgan fingerprint density at radius 2 is 1.18 bits per heavy atom. The zero-order valence-corrected chi connectivity index (χ0v) is 45.3. The van der Waals surface area contributed by atoms with Crippen LogP contribution >= 0.6 is 0 Å². The highest BCUT2D eigenvalue weighted by atomic mass is 16.3. The zero-order chi connectivity index (χ0) is 57.4. The molecule has 0 spiro atoms. The van der Waals surface area contributed by atoms with Crippen molar-refractivity contribution in [3.8, 4) is 0 Å². The van der Waals surface area contributed by atoms with Crippen LogP contribution in [0.2, 0.25) is 0 Å².